The Morgan fingerprint density at radius 2 is 1.82 bits per heavy atom. The van der Waals surface area contributed by atoms with Gasteiger partial charge in [-0.3, -0.25) is 4.99 Å². The van der Waals surface area contributed by atoms with E-state index in [2.05, 4.69) is 10.3 Å². The summed E-state index contributed by atoms with van der Waals surface area (Å²) in [5, 5.41) is 2.94. The zero-order valence-electron chi connectivity index (χ0n) is 10.6. The number of hydrogen-bond donors (Lipinski definition) is 2. The van der Waals surface area contributed by atoms with Gasteiger partial charge in [-0.15, -0.1) is 24.0 Å². The Morgan fingerprint density at radius 3 is 2.47 bits per heavy atom. The molecule has 104 valence electrons. The number of halogens is 1. The summed E-state index contributed by atoms with van der Waals surface area (Å²) in [6.07, 6.45) is 0.858. The van der Waals surface area contributed by atoms with Gasteiger partial charge in [0.25, 0.3) is 0 Å². The van der Waals surface area contributed by atoms with Crippen molar-refractivity contribution in [1.29, 1.82) is 0 Å². The molecule has 3 N–H and O–H groups in total. The van der Waals surface area contributed by atoms with Gasteiger partial charge in [-0.05, 0) is 6.42 Å². The fraction of sp³-hybridized carbons (Fsp3) is 0.900. The number of ether oxygens (including phenoxy) is 3. The maximum atomic E-state index is 5.60. The van der Waals surface area contributed by atoms with E-state index in [1.807, 2.05) is 0 Å². The van der Waals surface area contributed by atoms with Crippen molar-refractivity contribution < 1.29 is 14.2 Å². The second-order valence-corrected chi connectivity index (χ2v) is 3.15. The molecule has 0 aromatic rings. The lowest BCUT2D eigenvalue weighted by atomic mass is 10.4. The SMILES string of the molecule is COCCNC(N)=NCCCOCCOC.I. The van der Waals surface area contributed by atoms with Crippen LogP contribution in [0.3, 0.4) is 0 Å². The lowest BCUT2D eigenvalue weighted by Crippen LogP contribution is -2.34. The van der Waals surface area contributed by atoms with E-state index in [1.165, 1.54) is 0 Å². The van der Waals surface area contributed by atoms with Crippen LogP contribution in [-0.2, 0) is 14.2 Å². The summed E-state index contributed by atoms with van der Waals surface area (Å²) >= 11 is 0. The Hall–Kier alpha value is -0.120. The average Bonchev–Trinajstić information content (AvgIpc) is 2.28. The highest BCUT2D eigenvalue weighted by atomic mass is 127. The first-order valence-corrected chi connectivity index (χ1v) is 5.40. The van der Waals surface area contributed by atoms with E-state index in [1.54, 1.807) is 14.2 Å². The van der Waals surface area contributed by atoms with E-state index >= 15 is 0 Å². The van der Waals surface area contributed by atoms with E-state index in [4.69, 9.17) is 19.9 Å². The number of aliphatic imine (C=N–C) groups is 1. The zero-order valence-corrected chi connectivity index (χ0v) is 12.9. The van der Waals surface area contributed by atoms with Crippen molar-refractivity contribution in [3.63, 3.8) is 0 Å². The summed E-state index contributed by atoms with van der Waals surface area (Å²) in [5.74, 6) is 0.453. The molecule has 0 atom stereocenters. The lowest BCUT2D eigenvalue weighted by molar-refractivity contribution is 0.0702. The number of rotatable bonds is 10. The van der Waals surface area contributed by atoms with Crippen LogP contribution in [0.2, 0.25) is 0 Å². The van der Waals surface area contributed by atoms with Gasteiger partial charge < -0.3 is 25.3 Å². The fourth-order valence-corrected chi connectivity index (χ4v) is 0.948. The van der Waals surface area contributed by atoms with Crippen molar-refractivity contribution >= 4 is 29.9 Å². The molecule has 7 heteroatoms. The molecule has 0 aromatic heterocycles. The Balaban J connectivity index is 0. The van der Waals surface area contributed by atoms with E-state index in [0.717, 1.165) is 6.42 Å². The Kier molecular flexibility index (Phi) is 18.0. The predicted octanol–water partition coefficient (Wildman–Crippen LogP) is 0.208. The minimum absolute atomic E-state index is 0. The summed E-state index contributed by atoms with van der Waals surface area (Å²) in [7, 11) is 3.30. The van der Waals surface area contributed by atoms with Gasteiger partial charge in [0.15, 0.2) is 5.96 Å². The summed E-state index contributed by atoms with van der Waals surface area (Å²) in [6, 6.07) is 0. The predicted molar refractivity (Wildman–Crippen MR) is 79.1 cm³/mol. The zero-order chi connectivity index (χ0) is 12.1. The summed E-state index contributed by atoms with van der Waals surface area (Å²) in [4.78, 5) is 4.13. The lowest BCUT2D eigenvalue weighted by Gasteiger charge is -2.05. The monoisotopic (exact) mass is 361 g/mol. The van der Waals surface area contributed by atoms with Crippen LogP contribution < -0.4 is 11.1 Å². The van der Waals surface area contributed by atoms with Gasteiger partial charge in [0.1, 0.15) is 0 Å². The second kappa shape index (κ2) is 15.9. The molecule has 0 aliphatic heterocycles. The molecule has 0 rings (SSSR count). The van der Waals surface area contributed by atoms with Crippen molar-refractivity contribution in [2.45, 2.75) is 6.42 Å². The van der Waals surface area contributed by atoms with Gasteiger partial charge in [0, 0.05) is 33.9 Å². The van der Waals surface area contributed by atoms with Gasteiger partial charge >= 0.3 is 0 Å². The van der Waals surface area contributed by atoms with Crippen molar-refractivity contribution in [2.75, 3.05) is 53.7 Å². The van der Waals surface area contributed by atoms with Gasteiger partial charge in [0.05, 0.1) is 19.8 Å². The first kappa shape index (κ1) is 19.2. The van der Waals surface area contributed by atoms with Crippen LogP contribution in [-0.4, -0.2) is 59.7 Å². The van der Waals surface area contributed by atoms with Crippen molar-refractivity contribution in [1.82, 2.24) is 5.32 Å². The highest BCUT2D eigenvalue weighted by Crippen LogP contribution is 1.84. The van der Waals surface area contributed by atoms with Crippen LogP contribution in [0, 0.1) is 0 Å². The summed E-state index contributed by atoms with van der Waals surface area (Å²) < 4.78 is 15.0. The van der Waals surface area contributed by atoms with Crippen LogP contribution in [0.4, 0.5) is 0 Å². The highest BCUT2D eigenvalue weighted by molar-refractivity contribution is 14.0. The van der Waals surface area contributed by atoms with Crippen LogP contribution in [0.25, 0.3) is 0 Å². The molecule has 0 aliphatic carbocycles. The first-order valence-electron chi connectivity index (χ1n) is 5.40. The Bertz CT molecular complexity index is 182. The first-order chi connectivity index (χ1) is 7.81. The molecule has 0 aromatic carbocycles. The topological polar surface area (TPSA) is 78.1 Å². The number of hydrogen-bond acceptors (Lipinski definition) is 4. The number of nitrogens with one attached hydrogen (secondary N) is 1. The molecule has 0 saturated carbocycles. The molecule has 17 heavy (non-hydrogen) atoms. The van der Waals surface area contributed by atoms with Gasteiger partial charge in [-0.2, -0.15) is 0 Å². The number of nitrogens with two attached hydrogens (primary N) is 1. The van der Waals surface area contributed by atoms with Gasteiger partial charge in [-0.25, -0.2) is 0 Å². The molecule has 0 bridgehead atoms. The van der Waals surface area contributed by atoms with E-state index in [9.17, 15) is 0 Å². The normalized spacial score (nSPS) is 11.1. The summed E-state index contributed by atoms with van der Waals surface area (Å²) in [6.45, 7) is 3.90. The Labute approximate surface area is 120 Å². The minimum atomic E-state index is 0. The third-order valence-corrected chi connectivity index (χ3v) is 1.77. The number of methoxy groups -OCH3 is 2. The second-order valence-electron chi connectivity index (χ2n) is 3.15. The van der Waals surface area contributed by atoms with Crippen LogP contribution in [0.1, 0.15) is 6.42 Å². The molecule has 0 amide bonds. The fourth-order valence-electron chi connectivity index (χ4n) is 0.948. The Morgan fingerprint density at radius 1 is 1.12 bits per heavy atom. The van der Waals surface area contributed by atoms with Crippen molar-refractivity contribution in [2.24, 2.45) is 10.7 Å². The molecule has 0 fully saturated rings. The summed E-state index contributed by atoms with van der Waals surface area (Å²) in [5.41, 5.74) is 5.60. The quantitative estimate of drug-likeness (QED) is 0.252. The molecule has 0 heterocycles. The molecule has 0 aliphatic rings. The largest absolute Gasteiger partial charge is 0.383 e. The van der Waals surface area contributed by atoms with Gasteiger partial charge in [0.2, 0.25) is 0 Å². The average molecular weight is 361 g/mol. The van der Waals surface area contributed by atoms with E-state index in [-0.39, 0.29) is 24.0 Å². The maximum Gasteiger partial charge on any atom is 0.188 e. The van der Waals surface area contributed by atoms with Crippen LogP contribution in [0.15, 0.2) is 4.99 Å². The molecular formula is C10H24IN3O3. The molecule has 6 nitrogen and oxygen atoms in total. The molecule has 0 unspecified atom stereocenters. The number of nitrogens with zero attached hydrogens (tertiary/aromatic N) is 1. The van der Waals surface area contributed by atoms with Crippen molar-refractivity contribution in [3.8, 4) is 0 Å². The smallest absolute Gasteiger partial charge is 0.188 e. The maximum absolute atomic E-state index is 5.60. The highest BCUT2D eigenvalue weighted by Gasteiger charge is 1.91. The third-order valence-electron chi connectivity index (χ3n) is 1.77. The molecule has 0 saturated heterocycles. The van der Waals surface area contributed by atoms with E-state index in [0.29, 0.717) is 45.5 Å². The van der Waals surface area contributed by atoms with Crippen molar-refractivity contribution in [3.05, 3.63) is 0 Å². The third kappa shape index (κ3) is 15.9. The molecular weight excluding hydrogens is 337 g/mol. The molecule has 0 spiro atoms. The van der Waals surface area contributed by atoms with E-state index < -0.39 is 0 Å². The number of guanidine groups is 1. The molecule has 0 radical (unpaired) electrons. The van der Waals surface area contributed by atoms with Crippen LogP contribution >= 0.6 is 24.0 Å². The minimum Gasteiger partial charge on any atom is -0.383 e. The standard InChI is InChI=1S/C10H23N3O3.HI/c1-14-7-5-13-10(11)12-4-3-6-16-9-8-15-2;/h3-9H2,1-2H3,(H3,11,12,13);1H. The van der Waals surface area contributed by atoms with Gasteiger partial charge in [-0.1, -0.05) is 0 Å². The van der Waals surface area contributed by atoms with Crippen LogP contribution in [0.5, 0.6) is 0 Å².